The highest BCUT2D eigenvalue weighted by Crippen LogP contribution is 2.34. The molecule has 0 saturated carbocycles. The van der Waals surface area contributed by atoms with Gasteiger partial charge >= 0.3 is 0 Å². The van der Waals surface area contributed by atoms with Crippen LogP contribution in [0.1, 0.15) is 64.9 Å². The highest BCUT2D eigenvalue weighted by atomic mass is 16.1. The molecule has 4 rings (SSSR count). The number of carbonyl (C=O) groups excluding carboxylic acids is 1. The molecule has 1 aliphatic carbocycles. The van der Waals surface area contributed by atoms with Gasteiger partial charge in [0, 0.05) is 31.9 Å². The number of benzene rings is 1. The first-order valence-corrected chi connectivity index (χ1v) is 9.77. The van der Waals surface area contributed by atoms with Crippen LogP contribution in [-0.2, 0) is 26.4 Å². The Hall–Kier alpha value is -2.14. The van der Waals surface area contributed by atoms with E-state index in [1.54, 1.807) is 7.05 Å². The van der Waals surface area contributed by atoms with Crippen molar-refractivity contribution >= 4 is 5.91 Å². The van der Waals surface area contributed by atoms with Crippen LogP contribution in [0, 0.1) is 0 Å². The minimum atomic E-state index is -0.0263. The van der Waals surface area contributed by atoms with Gasteiger partial charge in [-0.15, -0.1) is 0 Å². The van der Waals surface area contributed by atoms with Crippen molar-refractivity contribution in [2.45, 2.75) is 51.1 Å². The van der Waals surface area contributed by atoms with Crippen molar-refractivity contribution in [3.05, 3.63) is 52.6 Å². The number of carbonyl (C=O) groups is 1. The fraction of sp³-hybridized carbons (Fsp3) is 0.524. The second-order valence-electron chi connectivity index (χ2n) is 7.54. The summed E-state index contributed by atoms with van der Waals surface area (Å²) in [6, 6.07) is 8.36. The second-order valence-corrected chi connectivity index (χ2v) is 7.54. The number of imidazole rings is 1. The highest BCUT2D eigenvalue weighted by Gasteiger charge is 2.31. The maximum Gasteiger partial charge on any atom is 0.251 e. The molecule has 0 unspecified atom stereocenters. The van der Waals surface area contributed by atoms with Crippen molar-refractivity contribution in [3.8, 4) is 0 Å². The van der Waals surface area contributed by atoms with Gasteiger partial charge in [0.05, 0.1) is 11.7 Å². The number of amides is 1. The van der Waals surface area contributed by atoms with E-state index in [1.165, 1.54) is 54.9 Å². The fourth-order valence-corrected chi connectivity index (χ4v) is 4.50. The molecule has 5 nitrogen and oxygen atoms in total. The Bertz CT molecular complexity index is 810. The van der Waals surface area contributed by atoms with Gasteiger partial charge in [-0.1, -0.05) is 12.1 Å². The largest absolute Gasteiger partial charge is 0.355 e. The van der Waals surface area contributed by atoms with Crippen molar-refractivity contribution in [3.63, 3.8) is 0 Å². The molecule has 1 saturated heterocycles. The topological polar surface area (TPSA) is 50.2 Å². The lowest BCUT2D eigenvalue weighted by Gasteiger charge is -2.24. The molecule has 2 heterocycles. The van der Waals surface area contributed by atoms with E-state index in [4.69, 9.17) is 4.98 Å². The van der Waals surface area contributed by atoms with E-state index < -0.39 is 0 Å². The third-order valence-corrected chi connectivity index (χ3v) is 5.87. The zero-order chi connectivity index (χ0) is 18.1. The summed E-state index contributed by atoms with van der Waals surface area (Å²) in [5.41, 5.74) is 4.69. The SMILES string of the molecule is CNC(=O)c1cccc(CN2CCC[C@@H]2c2nc3c(n2C)CCCC3)c1. The normalized spacial score (nSPS) is 20.2. The zero-order valence-corrected chi connectivity index (χ0v) is 15.8. The maximum absolute atomic E-state index is 11.9. The third kappa shape index (κ3) is 3.16. The lowest BCUT2D eigenvalue weighted by atomic mass is 10.0. The van der Waals surface area contributed by atoms with Gasteiger partial charge in [-0.25, -0.2) is 4.98 Å². The predicted molar refractivity (Wildman–Crippen MR) is 102 cm³/mol. The summed E-state index contributed by atoms with van der Waals surface area (Å²) in [6.07, 6.45) is 7.22. The number of likely N-dealkylation sites (tertiary alicyclic amines) is 1. The van der Waals surface area contributed by atoms with Crippen molar-refractivity contribution in [2.24, 2.45) is 7.05 Å². The summed E-state index contributed by atoms with van der Waals surface area (Å²) in [4.78, 5) is 19.5. The summed E-state index contributed by atoms with van der Waals surface area (Å²) in [7, 11) is 3.86. The minimum absolute atomic E-state index is 0.0263. The first kappa shape index (κ1) is 17.3. The Kier molecular flexibility index (Phi) is 4.81. The first-order chi connectivity index (χ1) is 12.7. The van der Waals surface area contributed by atoms with Crippen LogP contribution in [0.3, 0.4) is 0 Å². The molecule has 1 aliphatic heterocycles. The Morgan fingerprint density at radius 2 is 2.12 bits per heavy atom. The number of nitrogens with one attached hydrogen (secondary N) is 1. The standard InChI is InChI=1S/C21H28N4O/c1-22-21(26)16-8-5-7-15(13-16)14-25-12-6-11-19(25)20-23-17-9-3-4-10-18(17)24(20)2/h5,7-8,13,19H,3-4,6,9-12,14H2,1-2H3,(H,22,26)/t19-/m1/s1. The van der Waals surface area contributed by atoms with Gasteiger partial charge in [-0.3, -0.25) is 9.69 Å². The van der Waals surface area contributed by atoms with Gasteiger partial charge in [-0.2, -0.15) is 0 Å². The van der Waals surface area contributed by atoms with E-state index in [1.807, 2.05) is 18.2 Å². The molecule has 0 radical (unpaired) electrons. The minimum Gasteiger partial charge on any atom is -0.355 e. The molecule has 1 N–H and O–H groups in total. The second kappa shape index (κ2) is 7.23. The van der Waals surface area contributed by atoms with Crippen molar-refractivity contribution in [2.75, 3.05) is 13.6 Å². The lowest BCUT2D eigenvalue weighted by molar-refractivity contribution is 0.0963. The van der Waals surface area contributed by atoms with Gasteiger partial charge in [0.2, 0.25) is 0 Å². The van der Waals surface area contributed by atoms with Crippen LogP contribution in [-0.4, -0.2) is 34.0 Å². The van der Waals surface area contributed by atoms with Crippen LogP contribution in [0.2, 0.25) is 0 Å². The number of hydrogen-bond acceptors (Lipinski definition) is 3. The number of fused-ring (bicyclic) bond motifs is 1. The van der Waals surface area contributed by atoms with E-state index >= 15 is 0 Å². The average molecular weight is 352 g/mol. The van der Waals surface area contributed by atoms with Crippen LogP contribution >= 0.6 is 0 Å². The summed E-state index contributed by atoms with van der Waals surface area (Å²) in [6.45, 7) is 1.96. The molecule has 1 fully saturated rings. The molecular formula is C21H28N4O. The Morgan fingerprint density at radius 1 is 1.27 bits per heavy atom. The van der Waals surface area contributed by atoms with E-state index in [0.29, 0.717) is 6.04 Å². The molecule has 0 bridgehead atoms. The monoisotopic (exact) mass is 352 g/mol. The smallest absolute Gasteiger partial charge is 0.251 e. The van der Waals surface area contributed by atoms with Gasteiger partial charge in [0.15, 0.2) is 0 Å². The number of nitrogens with zero attached hydrogens (tertiary/aromatic N) is 3. The number of hydrogen-bond donors (Lipinski definition) is 1. The summed E-state index contributed by atoms with van der Waals surface area (Å²) >= 11 is 0. The molecule has 2 aliphatic rings. The summed E-state index contributed by atoms with van der Waals surface area (Å²) in [5.74, 6) is 1.21. The van der Waals surface area contributed by atoms with Crippen LogP contribution in [0.25, 0.3) is 0 Å². The van der Waals surface area contributed by atoms with Crippen molar-refractivity contribution in [1.82, 2.24) is 19.8 Å². The zero-order valence-electron chi connectivity index (χ0n) is 15.8. The molecule has 1 aromatic heterocycles. The van der Waals surface area contributed by atoms with Gasteiger partial charge in [0.25, 0.3) is 5.91 Å². The molecule has 138 valence electrons. The lowest BCUT2D eigenvalue weighted by Crippen LogP contribution is -2.25. The highest BCUT2D eigenvalue weighted by molar-refractivity contribution is 5.94. The van der Waals surface area contributed by atoms with E-state index in [9.17, 15) is 4.79 Å². The summed E-state index contributed by atoms with van der Waals surface area (Å²) in [5, 5.41) is 2.71. The quantitative estimate of drug-likeness (QED) is 0.920. The number of aromatic nitrogens is 2. The molecule has 26 heavy (non-hydrogen) atoms. The Labute approximate surface area is 155 Å². The van der Waals surface area contributed by atoms with E-state index in [-0.39, 0.29) is 5.91 Å². The van der Waals surface area contributed by atoms with Crippen LogP contribution < -0.4 is 5.32 Å². The maximum atomic E-state index is 11.9. The van der Waals surface area contributed by atoms with E-state index in [2.05, 4.69) is 27.9 Å². The average Bonchev–Trinajstić information content (AvgIpc) is 3.26. The van der Waals surface area contributed by atoms with Crippen molar-refractivity contribution < 1.29 is 4.79 Å². The van der Waals surface area contributed by atoms with Gasteiger partial charge < -0.3 is 9.88 Å². The number of rotatable bonds is 4. The van der Waals surface area contributed by atoms with E-state index in [0.717, 1.165) is 25.1 Å². The van der Waals surface area contributed by atoms with Crippen LogP contribution in [0.5, 0.6) is 0 Å². The molecule has 1 aromatic carbocycles. The Balaban J connectivity index is 1.56. The molecule has 1 amide bonds. The Morgan fingerprint density at radius 3 is 2.92 bits per heavy atom. The third-order valence-electron chi connectivity index (χ3n) is 5.87. The van der Waals surface area contributed by atoms with Crippen molar-refractivity contribution in [1.29, 1.82) is 0 Å². The van der Waals surface area contributed by atoms with Gasteiger partial charge in [0.1, 0.15) is 5.82 Å². The van der Waals surface area contributed by atoms with Crippen LogP contribution in [0.15, 0.2) is 24.3 Å². The predicted octanol–water partition coefficient (Wildman–Crippen LogP) is 3.00. The molecule has 2 aromatic rings. The molecular weight excluding hydrogens is 324 g/mol. The number of aryl methyl sites for hydroxylation is 1. The van der Waals surface area contributed by atoms with Crippen LogP contribution in [0.4, 0.5) is 0 Å². The van der Waals surface area contributed by atoms with Gasteiger partial charge in [-0.05, 0) is 62.8 Å². The first-order valence-electron chi connectivity index (χ1n) is 9.77. The fourth-order valence-electron chi connectivity index (χ4n) is 4.50. The summed E-state index contributed by atoms with van der Waals surface area (Å²) < 4.78 is 2.36. The molecule has 5 heteroatoms. The molecule has 1 atom stereocenters. The molecule has 0 spiro atoms.